The number of halogens is 2. The van der Waals surface area contributed by atoms with Crippen LogP contribution in [-0.4, -0.2) is 88.2 Å². The first-order chi connectivity index (χ1) is 20.9. The highest BCUT2D eigenvalue weighted by molar-refractivity contribution is 5.88. The maximum absolute atomic E-state index is 14.4. The molecule has 1 aromatic heterocycles. The Morgan fingerprint density at radius 1 is 0.953 bits per heavy atom. The fourth-order valence-corrected chi connectivity index (χ4v) is 7.29. The highest BCUT2D eigenvalue weighted by Crippen LogP contribution is 2.30. The molecule has 10 heteroatoms. The van der Waals surface area contributed by atoms with Crippen molar-refractivity contribution in [1.82, 2.24) is 30.2 Å². The molecule has 8 nitrogen and oxygen atoms in total. The predicted octanol–water partition coefficient (Wildman–Crippen LogP) is 5.13. The van der Waals surface area contributed by atoms with Crippen LogP contribution >= 0.6 is 0 Å². The Balaban J connectivity index is 1.13. The van der Waals surface area contributed by atoms with Crippen LogP contribution in [0.3, 0.4) is 0 Å². The van der Waals surface area contributed by atoms with E-state index in [2.05, 4.69) is 26.5 Å². The molecule has 3 saturated heterocycles. The molecule has 2 aromatic carbocycles. The SMILES string of the molecule is Cc1cc(C[C@@H](NC(=O)N2CCC(c3ccc(F)cc3F)CC2)C(=O)N2CCC(N3CCCCC3)CC2)cc2cn[nH]c12. The Morgan fingerprint density at radius 3 is 2.40 bits per heavy atom. The number of likely N-dealkylation sites (tertiary alicyclic amines) is 3. The molecule has 0 saturated carbocycles. The first kappa shape index (κ1) is 29.5. The van der Waals surface area contributed by atoms with Crippen LogP contribution in [0.5, 0.6) is 0 Å². The van der Waals surface area contributed by atoms with Gasteiger partial charge in [0.15, 0.2) is 0 Å². The minimum Gasteiger partial charge on any atom is -0.341 e. The summed E-state index contributed by atoms with van der Waals surface area (Å²) in [6.07, 6.45) is 9.05. The predicted molar refractivity (Wildman–Crippen MR) is 162 cm³/mol. The second kappa shape index (κ2) is 13.0. The molecule has 3 fully saturated rings. The second-order valence-electron chi connectivity index (χ2n) is 12.5. The van der Waals surface area contributed by atoms with Crippen LogP contribution in [0.2, 0.25) is 0 Å². The van der Waals surface area contributed by atoms with E-state index in [0.29, 0.717) is 57.0 Å². The molecular formula is C33H42F2N6O2. The molecule has 43 heavy (non-hydrogen) atoms. The highest BCUT2D eigenvalue weighted by Gasteiger charge is 2.34. The zero-order valence-corrected chi connectivity index (χ0v) is 25.0. The minimum atomic E-state index is -0.699. The van der Waals surface area contributed by atoms with Crippen LogP contribution in [0.4, 0.5) is 13.6 Å². The summed E-state index contributed by atoms with van der Waals surface area (Å²) in [5.41, 5.74) is 3.47. The normalized spacial score (nSPS) is 20.0. The van der Waals surface area contributed by atoms with Crippen molar-refractivity contribution in [2.75, 3.05) is 39.3 Å². The van der Waals surface area contributed by atoms with Crippen molar-refractivity contribution >= 4 is 22.8 Å². The van der Waals surface area contributed by atoms with Crippen LogP contribution in [0, 0.1) is 18.6 Å². The molecule has 0 bridgehead atoms. The number of aromatic nitrogens is 2. The third-order valence-electron chi connectivity index (χ3n) is 9.71. The molecule has 3 aromatic rings. The summed E-state index contributed by atoms with van der Waals surface area (Å²) in [7, 11) is 0. The van der Waals surface area contributed by atoms with Crippen molar-refractivity contribution in [1.29, 1.82) is 0 Å². The lowest BCUT2D eigenvalue weighted by Crippen LogP contribution is -2.56. The number of benzene rings is 2. The molecule has 0 unspecified atom stereocenters. The Kier molecular flexibility index (Phi) is 8.93. The summed E-state index contributed by atoms with van der Waals surface area (Å²) >= 11 is 0. The third-order valence-corrected chi connectivity index (χ3v) is 9.71. The average molecular weight is 593 g/mol. The summed E-state index contributed by atoms with van der Waals surface area (Å²) in [4.78, 5) is 33.8. The van der Waals surface area contributed by atoms with E-state index in [4.69, 9.17) is 0 Å². The molecule has 6 rings (SSSR count). The number of amides is 3. The van der Waals surface area contributed by atoms with Crippen molar-refractivity contribution < 1.29 is 18.4 Å². The number of nitrogens with zero attached hydrogens (tertiary/aromatic N) is 4. The maximum atomic E-state index is 14.4. The van der Waals surface area contributed by atoms with E-state index in [0.717, 1.165) is 54.0 Å². The molecule has 0 spiro atoms. The number of piperidine rings is 3. The summed E-state index contributed by atoms with van der Waals surface area (Å²) in [5.74, 6) is -1.25. The fourth-order valence-electron chi connectivity index (χ4n) is 7.29. The number of hydrogen-bond donors (Lipinski definition) is 2. The van der Waals surface area contributed by atoms with Gasteiger partial charge in [0.2, 0.25) is 5.91 Å². The van der Waals surface area contributed by atoms with Gasteiger partial charge in [0.1, 0.15) is 17.7 Å². The van der Waals surface area contributed by atoms with Crippen LogP contribution in [0.25, 0.3) is 10.9 Å². The maximum Gasteiger partial charge on any atom is 0.318 e. The van der Waals surface area contributed by atoms with Gasteiger partial charge in [0.05, 0.1) is 11.7 Å². The first-order valence-corrected chi connectivity index (χ1v) is 15.8. The smallest absolute Gasteiger partial charge is 0.318 e. The Bertz CT molecular complexity index is 1440. The van der Waals surface area contributed by atoms with E-state index in [9.17, 15) is 18.4 Å². The van der Waals surface area contributed by atoms with Crippen molar-refractivity contribution in [2.45, 2.75) is 76.3 Å². The van der Waals surface area contributed by atoms with Crippen molar-refractivity contribution in [3.63, 3.8) is 0 Å². The van der Waals surface area contributed by atoms with Crippen molar-refractivity contribution in [2.24, 2.45) is 0 Å². The molecule has 3 aliphatic rings. The van der Waals surface area contributed by atoms with Gasteiger partial charge in [-0.2, -0.15) is 5.10 Å². The van der Waals surface area contributed by atoms with Crippen LogP contribution in [-0.2, 0) is 11.2 Å². The van der Waals surface area contributed by atoms with Crippen LogP contribution < -0.4 is 5.32 Å². The van der Waals surface area contributed by atoms with Gasteiger partial charge in [-0.15, -0.1) is 0 Å². The zero-order chi connectivity index (χ0) is 29.9. The number of carbonyl (C=O) groups is 2. The van der Waals surface area contributed by atoms with E-state index < -0.39 is 17.7 Å². The summed E-state index contributed by atoms with van der Waals surface area (Å²) in [6, 6.07) is 7.34. The van der Waals surface area contributed by atoms with Crippen molar-refractivity contribution in [3.8, 4) is 0 Å². The number of hydrogen-bond acceptors (Lipinski definition) is 4. The molecule has 2 N–H and O–H groups in total. The lowest BCUT2D eigenvalue weighted by molar-refractivity contribution is -0.134. The number of aromatic amines is 1. The number of aryl methyl sites for hydroxylation is 1. The van der Waals surface area contributed by atoms with Gasteiger partial charge in [0, 0.05) is 50.1 Å². The standard InChI is InChI=1S/C33H42F2N6O2/c1-22-17-23(18-25-21-36-38-31(22)25)19-30(32(42)40-15-9-27(10-16-40)39-11-3-2-4-12-39)37-33(43)41-13-7-24(8-14-41)28-6-5-26(34)20-29(28)35/h5-6,17-18,20-21,24,27,30H,2-4,7-16,19H2,1H3,(H,36,38)(H,37,43)/t30-/m1/s1. The number of rotatable bonds is 6. The van der Waals surface area contributed by atoms with Crippen LogP contribution in [0.1, 0.15) is 67.6 Å². The summed E-state index contributed by atoms with van der Waals surface area (Å²) in [6.45, 7) is 6.58. The van der Waals surface area contributed by atoms with Gasteiger partial charge in [-0.05, 0) is 93.3 Å². The Labute approximate surface area is 251 Å². The lowest BCUT2D eigenvalue weighted by atomic mass is 9.89. The first-order valence-electron chi connectivity index (χ1n) is 15.8. The largest absolute Gasteiger partial charge is 0.341 e. The zero-order valence-electron chi connectivity index (χ0n) is 25.0. The molecule has 3 amide bonds. The number of urea groups is 1. The molecule has 3 aliphatic heterocycles. The van der Waals surface area contributed by atoms with E-state index in [1.54, 1.807) is 11.1 Å². The van der Waals surface area contributed by atoms with Gasteiger partial charge in [0.25, 0.3) is 0 Å². The summed E-state index contributed by atoms with van der Waals surface area (Å²) in [5, 5.41) is 11.2. The molecule has 0 radical (unpaired) electrons. The molecule has 0 aliphatic carbocycles. The van der Waals surface area contributed by atoms with Gasteiger partial charge in [-0.1, -0.05) is 18.6 Å². The van der Waals surface area contributed by atoms with Gasteiger partial charge < -0.3 is 20.0 Å². The molecular weight excluding hydrogens is 550 g/mol. The number of nitrogens with one attached hydrogen (secondary N) is 2. The van der Waals surface area contributed by atoms with Gasteiger partial charge in [-0.3, -0.25) is 9.89 Å². The number of fused-ring (bicyclic) bond motifs is 1. The Hall–Kier alpha value is -3.53. The average Bonchev–Trinajstić information content (AvgIpc) is 3.50. The molecule has 4 heterocycles. The monoisotopic (exact) mass is 592 g/mol. The van der Waals surface area contributed by atoms with Gasteiger partial charge in [-0.25, -0.2) is 13.6 Å². The summed E-state index contributed by atoms with van der Waals surface area (Å²) < 4.78 is 27.8. The minimum absolute atomic E-state index is 0.0429. The van der Waals surface area contributed by atoms with Crippen molar-refractivity contribution in [3.05, 3.63) is 64.9 Å². The Morgan fingerprint density at radius 2 is 1.67 bits per heavy atom. The number of carbonyl (C=O) groups excluding carboxylic acids is 2. The van der Waals surface area contributed by atoms with E-state index in [-0.39, 0.29) is 17.9 Å². The lowest BCUT2D eigenvalue weighted by Gasteiger charge is -2.41. The fraction of sp³-hybridized carbons (Fsp3) is 0.545. The second-order valence-corrected chi connectivity index (χ2v) is 12.5. The molecule has 1 atom stereocenters. The number of H-pyrrole nitrogens is 1. The van der Waals surface area contributed by atoms with E-state index in [1.165, 1.54) is 31.4 Å². The van der Waals surface area contributed by atoms with E-state index >= 15 is 0 Å². The quantitative estimate of drug-likeness (QED) is 0.416. The van der Waals surface area contributed by atoms with Gasteiger partial charge >= 0.3 is 6.03 Å². The topological polar surface area (TPSA) is 84.6 Å². The third kappa shape index (κ3) is 6.69. The molecule has 230 valence electrons. The van der Waals surface area contributed by atoms with E-state index in [1.807, 2.05) is 17.9 Å². The highest BCUT2D eigenvalue weighted by atomic mass is 19.1. The van der Waals surface area contributed by atoms with Crippen LogP contribution in [0.15, 0.2) is 36.5 Å².